The number of rotatable bonds is 5. The summed E-state index contributed by atoms with van der Waals surface area (Å²) in [5.41, 5.74) is 2.54. The maximum atomic E-state index is 11.9. The monoisotopic (exact) mass is 278 g/mol. The van der Waals surface area contributed by atoms with Crippen molar-refractivity contribution < 1.29 is 4.79 Å². The molecule has 1 heterocycles. The Kier molecular flexibility index (Phi) is 5.73. The second kappa shape index (κ2) is 7.56. The van der Waals surface area contributed by atoms with Gasteiger partial charge in [0.2, 0.25) is 5.91 Å². The van der Waals surface area contributed by atoms with Gasteiger partial charge in [-0.1, -0.05) is 31.2 Å². The average Bonchev–Trinajstić information content (AvgIpc) is 2.46. The molecule has 0 bridgehead atoms. The van der Waals surface area contributed by atoms with Crippen LogP contribution in [0.2, 0.25) is 0 Å². The van der Waals surface area contributed by atoms with Gasteiger partial charge in [-0.2, -0.15) is 11.8 Å². The number of carbonyl (C=O) groups excluding carboxylic acids is 1. The summed E-state index contributed by atoms with van der Waals surface area (Å²) in [6, 6.07) is 8.63. The Morgan fingerprint density at radius 1 is 1.42 bits per heavy atom. The second-order valence-electron chi connectivity index (χ2n) is 4.83. The maximum Gasteiger partial charge on any atom is 0.221 e. The third kappa shape index (κ3) is 4.55. The van der Waals surface area contributed by atoms with E-state index >= 15 is 0 Å². The van der Waals surface area contributed by atoms with Crippen LogP contribution < -0.4 is 10.6 Å². The highest BCUT2D eigenvalue weighted by Gasteiger charge is 2.16. The van der Waals surface area contributed by atoms with Crippen LogP contribution >= 0.6 is 11.8 Å². The molecule has 0 spiro atoms. The fourth-order valence-electron chi connectivity index (χ4n) is 2.32. The molecule has 1 aliphatic rings. The molecule has 0 radical (unpaired) electrons. The molecule has 19 heavy (non-hydrogen) atoms. The van der Waals surface area contributed by atoms with Gasteiger partial charge in [0, 0.05) is 37.1 Å². The number of amides is 1. The van der Waals surface area contributed by atoms with Crippen LogP contribution in [0.3, 0.4) is 0 Å². The lowest BCUT2D eigenvalue weighted by Gasteiger charge is -2.22. The molecule has 0 aromatic heterocycles. The normalized spacial score (nSPS) is 19.1. The SMILES string of the molecule is CCc1ccccc1CNC(=O)CC1CSCCN1. The molecule has 1 unspecified atom stereocenters. The van der Waals surface area contributed by atoms with Crippen molar-refractivity contribution >= 4 is 17.7 Å². The molecule has 104 valence electrons. The van der Waals surface area contributed by atoms with Crippen molar-refractivity contribution in [2.75, 3.05) is 18.1 Å². The fraction of sp³-hybridized carbons (Fsp3) is 0.533. The highest BCUT2D eigenvalue weighted by molar-refractivity contribution is 7.99. The molecule has 2 N–H and O–H groups in total. The van der Waals surface area contributed by atoms with E-state index < -0.39 is 0 Å². The van der Waals surface area contributed by atoms with Gasteiger partial charge in [-0.05, 0) is 17.5 Å². The van der Waals surface area contributed by atoms with Crippen LogP contribution in [-0.4, -0.2) is 30.0 Å². The van der Waals surface area contributed by atoms with Crippen molar-refractivity contribution in [3.05, 3.63) is 35.4 Å². The molecule has 1 atom stereocenters. The minimum Gasteiger partial charge on any atom is -0.352 e. The molecule has 4 heteroatoms. The number of hydrogen-bond donors (Lipinski definition) is 2. The quantitative estimate of drug-likeness (QED) is 0.865. The van der Waals surface area contributed by atoms with Gasteiger partial charge in [-0.15, -0.1) is 0 Å². The minimum atomic E-state index is 0.144. The topological polar surface area (TPSA) is 41.1 Å². The number of carbonyl (C=O) groups is 1. The second-order valence-corrected chi connectivity index (χ2v) is 5.98. The molecular formula is C15H22N2OS. The van der Waals surface area contributed by atoms with Gasteiger partial charge < -0.3 is 10.6 Å². The Morgan fingerprint density at radius 3 is 2.89 bits per heavy atom. The summed E-state index contributed by atoms with van der Waals surface area (Å²) >= 11 is 1.92. The lowest BCUT2D eigenvalue weighted by molar-refractivity contribution is -0.121. The van der Waals surface area contributed by atoms with Crippen LogP contribution in [0.25, 0.3) is 0 Å². The van der Waals surface area contributed by atoms with E-state index in [2.05, 4.69) is 29.7 Å². The molecule has 1 amide bonds. The summed E-state index contributed by atoms with van der Waals surface area (Å²) in [6.45, 7) is 3.80. The van der Waals surface area contributed by atoms with Crippen molar-refractivity contribution in [2.45, 2.75) is 32.4 Å². The first-order chi connectivity index (χ1) is 9.29. The van der Waals surface area contributed by atoms with Crippen molar-refractivity contribution in [3.63, 3.8) is 0 Å². The van der Waals surface area contributed by atoms with Gasteiger partial charge in [-0.25, -0.2) is 0 Å². The first-order valence-corrected chi connectivity index (χ1v) is 8.09. The van der Waals surface area contributed by atoms with Gasteiger partial charge in [0.25, 0.3) is 0 Å². The third-order valence-electron chi connectivity index (χ3n) is 3.41. The van der Waals surface area contributed by atoms with Gasteiger partial charge in [0.05, 0.1) is 0 Å². The first kappa shape index (κ1) is 14.4. The van der Waals surface area contributed by atoms with E-state index in [1.165, 1.54) is 11.1 Å². The number of nitrogens with one attached hydrogen (secondary N) is 2. The molecule has 1 saturated heterocycles. The molecule has 1 aliphatic heterocycles. The minimum absolute atomic E-state index is 0.144. The Bertz CT molecular complexity index is 416. The van der Waals surface area contributed by atoms with Gasteiger partial charge in [0.1, 0.15) is 0 Å². The summed E-state index contributed by atoms with van der Waals surface area (Å²) in [4.78, 5) is 11.9. The summed E-state index contributed by atoms with van der Waals surface area (Å²) in [5.74, 6) is 2.34. The van der Waals surface area contributed by atoms with Crippen molar-refractivity contribution in [3.8, 4) is 0 Å². The lowest BCUT2D eigenvalue weighted by atomic mass is 10.1. The number of thioether (sulfide) groups is 1. The smallest absolute Gasteiger partial charge is 0.221 e. The van der Waals surface area contributed by atoms with Crippen LogP contribution in [0, 0.1) is 0 Å². The zero-order valence-corrected chi connectivity index (χ0v) is 12.3. The molecule has 0 aliphatic carbocycles. The lowest BCUT2D eigenvalue weighted by Crippen LogP contribution is -2.41. The first-order valence-electron chi connectivity index (χ1n) is 6.94. The predicted octanol–water partition coefficient (Wildman–Crippen LogP) is 1.96. The summed E-state index contributed by atoms with van der Waals surface area (Å²) in [5, 5.41) is 6.42. The van der Waals surface area contributed by atoms with E-state index in [1.54, 1.807) is 0 Å². The van der Waals surface area contributed by atoms with Crippen LogP contribution in [0.15, 0.2) is 24.3 Å². The molecule has 2 rings (SSSR count). The molecule has 1 aromatic carbocycles. The largest absolute Gasteiger partial charge is 0.352 e. The van der Waals surface area contributed by atoms with Gasteiger partial charge >= 0.3 is 0 Å². The summed E-state index contributed by atoms with van der Waals surface area (Å²) in [7, 11) is 0. The fourth-order valence-corrected chi connectivity index (χ4v) is 3.26. The number of hydrogen-bond acceptors (Lipinski definition) is 3. The van der Waals surface area contributed by atoms with Gasteiger partial charge in [0.15, 0.2) is 0 Å². The van der Waals surface area contributed by atoms with E-state index in [9.17, 15) is 4.79 Å². The standard InChI is InChI=1S/C15H22N2OS/c1-2-12-5-3-4-6-13(12)10-17-15(18)9-14-11-19-8-7-16-14/h3-6,14,16H,2,7-11H2,1H3,(H,17,18). The number of aryl methyl sites for hydroxylation is 1. The highest BCUT2D eigenvalue weighted by atomic mass is 32.2. The van der Waals surface area contributed by atoms with Crippen molar-refractivity contribution in [1.29, 1.82) is 0 Å². The number of benzene rings is 1. The Morgan fingerprint density at radius 2 is 2.21 bits per heavy atom. The third-order valence-corrected chi connectivity index (χ3v) is 4.54. The van der Waals surface area contributed by atoms with Crippen molar-refractivity contribution in [1.82, 2.24) is 10.6 Å². The van der Waals surface area contributed by atoms with Crippen LogP contribution in [0.5, 0.6) is 0 Å². The highest BCUT2D eigenvalue weighted by Crippen LogP contribution is 2.11. The van der Waals surface area contributed by atoms with E-state index in [0.717, 1.165) is 24.5 Å². The maximum absolute atomic E-state index is 11.9. The van der Waals surface area contributed by atoms with Crippen LogP contribution in [0.4, 0.5) is 0 Å². The molecule has 3 nitrogen and oxygen atoms in total. The predicted molar refractivity (Wildman–Crippen MR) is 81.4 cm³/mol. The average molecular weight is 278 g/mol. The van der Waals surface area contributed by atoms with Crippen LogP contribution in [0.1, 0.15) is 24.5 Å². The van der Waals surface area contributed by atoms with E-state index in [4.69, 9.17) is 0 Å². The van der Waals surface area contributed by atoms with Crippen molar-refractivity contribution in [2.24, 2.45) is 0 Å². The Hall–Kier alpha value is -1.000. The van der Waals surface area contributed by atoms with E-state index in [-0.39, 0.29) is 5.91 Å². The summed E-state index contributed by atoms with van der Waals surface area (Å²) < 4.78 is 0. The Balaban J connectivity index is 1.79. The van der Waals surface area contributed by atoms with Gasteiger partial charge in [-0.3, -0.25) is 4.79 Å². The zero-order chi connectivity index (χ0) is 13.5. The van der Waals surface area contributed by atoms with E-state index in [0.29, 0.717) is 19.0 Å². The Labute approximate surface area is 119 Å². The molecule has 1 fully saturated rings. The summed E-state index contributed by atoms with van der Waals surface area (Å²) in [6.07, 6.45) is 1.59. The van der Waals surface area contributed by atoms with E-state index in [1.807, 2.05) is 23.9 Å². The zero-order valence-electron chi connectivity index (χ0n) is 11.4. The van der Waals surface area contributed by atoms with Crippen LogP contribution in [-0.2, 0) is 17.8 Å². The molecular weight excluding hydrogens is 256 g/mol. The molecule has 1 aromatic rings. The molecule has 0 saturated carbocycles.